The second-order valence-corrected chi connectivity index (χ2v) is 4.12. The van der Waals surface area contributed by atoms with Gasteiger partial charge in [0.05, 0.1) is 17.6 Å². The van der Waals surface area contributed by atoms with Gasteiger partial charge in [-0.1, -0.05) is 11.6 Å². The van der Waals surface area contributed by atoms with E-state index in [-0.39, 0.29) is 5.78 Å². The summed E-state index contributed by atoms with van der Waals surface area (Å²) in [5.74, 6) is 0.623. The Hall–Kier alpha value is -1.48. The summed E-state index contributed by atoms with van der Waals surface area (Å²) in [5, 5.41) is 1.42. The zero-order valence-electron chi connectivity index (χ0n) is 9.37. The zero-order chi connectivity index (χ0) is 11.9. The van der Waals surface area contributed by atoms with Crippen LogP contribution >= 0.6 is 11.6 Å². The molecule has 1 aromatic carbocycles. The van der Waals surface area contributed by atoms with Crippen LogP contribution in [0.15, 0.2) is 18.3 Å². The minimum atomic E-state index is 0.0370. The van der Waals surface area contributed by atoms with Gasteiger partial charge >= 0.3 is 0 Å². The zero-order valence-corrected chi connectivity index (χ0v) is 10.1. The van der Waals surface area contributed by atoms with E-state index < -0.39 is 0 Å². The van der Waals surface area contributed by atoms with Crippen LogP contribution in [-0.2, 0) is 7.05 Å². The minimum Gasteiger partial charge on any atom is -0.495 e. The van der Waals surface area contributed by atoms with Crippen LogP contribution in [0.2, 0.25) is 5.02 Å². The lowest BCUT2D eigenvalue weighted by atomic mass is 10.1. The Morgan fingerprint density at radius 2 is 2.12 bits per heavy atom. The van der Waals surface area contributed by atoms with Crippen molar-refractivity contribution in [3.63, 3.8) is 0 Å². The van der Waals surface area contributed by atoms with Crippen molar-refractivity contribution in [2.75, 3.05) is 7.11 Å². The van der Waals surface area contributed by atoms with E-state index in [1.165, 1.54) is 0 Å². The predicted octanol–water partition coefficient (Wildman–Crippen LogP) is 3.04. The van der Waals surface area contributed by atoms with Crippen LogP contribution in [0, 0.1) is 0 Å². The molecule has 0 aliphatic rings. The third kappa shape index (κ3) is 1.57. The predicted molar refractivity (Wildman–Crippen MR) is 64.5 cm³/mol. The Morgan fingerprint density at radius 1 is 1.44 bits per heavy atom. The first-order valence-electron chi connectivity index (χ1n) is 4.88. The van der Waals surface area contributed by atoms with Gasteiger partial charge in [0.25, 0.3) is 0 Å². The quantitative estimate of drug-likeness (QED) is 0.752. The van der Waals surface area contributed by atoms with Crippen LogP contribution in [0.5, 0.6) is 5.75 Å². The van der Waals surface area contributed by atoms with Gasteiger partial charge in [0.15, 0.2) is 5.78 Å². The monoisotopic (exact) mass is 237 g/mol. The minimum absolute atomic E-state index is 0.0370. The fourth-order valence-corrected chi connectivity index (χ4v) is 2.06. The summed E-state index contributed by atoms with van der Waals surface area (Å²) >= 11 is 6.04. The summed E-state index contributed by atoms with van der Waals surface area (Å²) in [6.07, 6.45) is 1.81. The molecule has 2 rings (SSSR count). The van der Waals surface area contributed by atoms with Gasteiger partial charge in [-0.05, 0) is 19.1 Å². The highest BCUT2D eigenvalue weighted by Crippen LogP contribution is 2.32. The number of aromatic nitrogens is 1. The maximum absolute atomic E-state index is 11.5. The molecule has 1 heterocycles. The van der Waals surface area contributed by atoms with Crippen molar-refractivity contribution in [3.05, 3.63) is 28.9 Å². The molecular formula is C12H12ClNO2. The average Bonchev–Trinajstić information content (AvgIpc) is 2.55. The number of fused-ring (bicyclic) bond motifs is 1. The van der Waals surface area contributed by atoms with Crippen LogP contribution in [0.3, 0.4) is 0 Å². The highest BCUT2D eigenvalue weighted by molar-refractivity contribution is 6.33. The molecule has 0 spiro atoms. The SMILES string of the molecule is COc1cc2c(C(C)=O)cn(C)c2cc1Cl. The molecular weight excluding hydrogens is 226 g/mol. The van der Waals surface area contributed by atoms with Gasteiger partial charge in [-0.2, -0.15) is 0 Å². The van der Waals surface area contributed by atoms with Gasteiger partial charge in [0.2, 0.25) is 0 Å². The van der Waals surface area contributed by atoms with Crippen LogP contribution in [0.1, 0.15) is 17.3 Å². The molecule has 2 aromatic rings. The summed E-state index contributed by atoms with van der Waals surface area (Å²) in [6, 6.07) is 3.61. The smallest absolute Gasteiger partial charge is 0.161 e. The summed E-state index contributed by atoms with van der Waals surface area (Å²) in [7, 11) is 3.45. The number of methoxy groups -OCH3 is 1. The van der Waals surface area contributed by atoms with Crippen LogP contribution in [0.25, 0.3) is 10.9 Å². The molecule has 0 atom stereocenters. The van der Waals surface area contributed by atoms with E-state index in [2.05, 4.69) is 0 Å². The Labute approximate surface area is 98.6 Å². The Bertz CT molecular complexity index is 572. The van der Waals surface area contributed by atoms with Crippen molar-refractivity contribution in [1.82, 2.24) is 4.57 Å². The molecule has 16 heavy (non-hydrogen) atoms. The summed E-state index contributed by atoms with van der Waals surface area (Å²) < 4.78 is 7.03. The molecule has 0 saturated heterocycles. The number of hydrogen-bond donors (Lipinski definition) is 0. The van der Waals surface area contributed by atoms with Gasteiger partial charge in [0.1, 0.15) is 5.75 Å². The fourth-order valence-electron chi connectivity index (χ4n) is 1.82. The highest BCUT2D eigenvalue weighted by Gasteiger charge is 2.13. The normalized spacial score (nSPS) is 10.8. The lowest BCUT2D eigenvalue weighted by molar-refractivity contribution is 0.101. The molecule has 84 valence electrons. The number of nitrogens with zero attached hydrogens (tertiary/aromatic N) is 1. The third-order valence-corrected chi connectivity index (χ3v) is 2.94. The second kappa shape index (κ2) is 3.83. The summed E-state index contributed by atoms with van der Waals surface area (Å²) in [5.41, 5.74) is 1.61. The molecule has 1 aromatic heterocycles. The Morgan fingerprint density at radius 3 is 2.69 bits per heavy atom. The van der Waals surface area contributed by atoms with Crippen LogP contribution < -0.4 is 4.74 Å². The summed E-state index contributed by atoms with van der Waals surface area (Å²) in [4.78, 5) is 11.5. The van der Waals surface area contributed by atoms with Crippen LogP contribution in [0.4, 0.5) is 0 Å². The fraction of sp³-hybridized carbons (Fsp3) is 0.250. The van der Waals surface area contributed by atoms with E-state index in [1.807, 2.05) is 23.9 Å². The lowest BCUT2D eigenvalue weighted by Gasteiger charge is -2.04. The van der Waals surface area contributed by atoms with E-state index in [9.17, 15) is 4.79 Å². The van der Waals surface area contributed by atoms with Crippen LogP contribution in [-0.4, -0.2) is 17.5 Å². The Balaban J connectivity index is 2.83. The second-order valence-electron chi connectivity index (χ2n) is 3.71. The first kappa shape index (κ1) is 11.0. The van der Waals surface area contributed by atoms with Crippen molar-refractivity contribution in [2.24, 2.45) is 7.05 Å². The number of carbonyl (C=O) groups is 1. The molecule has 0 aliphatic heterocycles. The number of hydrogen-bond acceptors (Lipinski definition) is 2. The largest absolute Gasteiger partial charge is 0.495 e. The number of carbonyl (C=O) groups excluding carboxylic acids is 1. The van der Waals surface area contributed by atoms with Gasteiger partial charge in [-0.25, -0.2) is 0 Å². The molecule has 0 aliphatic carbocycles. The van der Waals surface area contributed by atoms with Gasteiger partial charge in [0, 0.05) is 24.2 Å². The molecule has 0 bridgehead atoms. The number of rotatable bonds is 2. The highest BCUT2D eigenvalue weighted by atomic mass is 35.5. The van der Waals surface area contributed by atoms with Crippen molar-refractivity contribution in [1.29, 1.82) is 0 Å². The van der Waals surface area contributed by atoms with Gasteiger partial charge in [-0.3, -0.25) is 4.79 Å². The van der Waals surface area contributed by atoms with E-state index in [0.717, 1.165) is 10.9 Å². The molecule has 4 heteroatoms. The average molecular weight is 238 g/mol. The lowest BCUT2D eigenvalue weighted by Crippen LogP contribution is -1.90. The summed E-state index contributed by atoms with van der Waals surface area (Å²) in [6.45, 7) is 1.55. The molecule has 0 saturated carbocycles. The number of benzene rings is 1. The van der Waals surface area contributed by atoms with Crippen molar-refractivity contribution in [2.45, 2.75) is 6.92 Å². The standard InChI is InChI=1S/C12H12ClNO2/c1-7(15)9-6-14(2)11-5-10(13)12(16-3)4-8(9)11/h4-6H,1-3H3. The van der Waals surface area contributed by atoms with E-state index in [0.29, 0.717) is 16.3 Å². The van der Waals surface area contributed by atoms with Gasteiger partial charge < -0.3 is 9.30 Å². The topological polar surface area (TPSA) is 31.2 Å². The van der Waals surface area contributed by atoms with Crippen molar-refractivity contribution < 1.29 is 9.53 Å². The molecule has 3 nitrogen and oxygen atoms in total. The molecule has 0 unspecified atom stereocenters. The third-order valence-electron chi connectivity index (χ3n) is 2.64. The number of aryl methyl sites for hydroxylation is 1. The maximum atomic E-state index is 11.5. The maximum Gasteiger partial charge on any atom is 0.161 e. The molecule has 0 radical (unpaired) electrons. The number of ketones is 1. The first-order chi connectivity index (χ1) is 7.54. The number of ether oxygens (including phenoxy) is 1. The molecule has 0 amide bonds. The van der Waals surface area contributed by atoms with Gasteiger partial charge in [-0.15, -0.1) is 0 Å². The van der Waals surface area contributed by atoms with Crippen molar-refractivity contribution in [3.8, 4) is 5.75 Å². The van der Waals surface area contributed by atoms with E-state index in [1.54, 1.807) is 20.1 Å². The van der Waals surface area contributed by atoms with Crippen molar-refractivity contribution >= 4 is 28.3 Å². The van der Waals surface area contributed by atoms with E-state index in [4.69, 9.17) is 16.3 Å². The molecule has 0 N–H and O–H groups in total. The Kier molecular flexibility index (Phi) is 2.64. The first-order valence-corrected chi connectivity index (χ1v) is 5.26. The van der Waals surface area contributed by atoms with E-state index >= 15 is 0 Å². The molecule has 0 fully saturated rings. The number of halogens is 1. The number of Topliss-reactive ketones (excluding diaryl/α,β-unsaturated/α-hetero) is 1.